The molecule has 2 aromatic rings. The number of aromatic nitrogens is 4. The summed E-state index contributed by atoms with van der Waals surface area (Å²) in [6.07, 6.45) is 0.309. The fraction of sp³-hybridized carbons (Fsp3) is 0.722. The van der Waals surface area contributed by atoms with Gasteiger partial charge in [0.25, 0.3) is 5.56 Å². The van der Waals surface area contributed by atoms with Crippen LogP contribution in [0.15, 0.2) is 15.9 Å². The molecule has 2 fully saturated rings. The molecule has 154 valence electrons. The molecular formula is C18H23F3N4O3. The lowest BCUT2D eigenvalue weighted by Gasteiger charge is -2.44. The fourth-order valence-electron chi connectivity index (χ4n) is 4.61. The maximum Gasteiger partial charge on any atom is 0.417 e. The SMILES string of the molecule is Cn1c(=O)n(CC2CC(O)(C(F)(F)F)C2)c(=O)c2c1ncn2CC1CCCC1. The Balaban J connectivity index is 1.65. The number of aliphatic hydroxyl groups is 1. The fourth-order valence-corrected chi connectivity index (χ4v) is 4.61. The molecule has 2 saturated carbocycles. The van der Waals surface area contributed by atoms with Crippen molar-refractivity contribution in [3.05, 3.63) is 27.2 Å². The number of hydrogen-bond acceptors (Lipinski definition) is 4. The lowest BCUT2D eigenvalue weighted by molar-refractivity contribution is -0.299. The smallest absolute Gasteiger partial charge is 0.380 e. The average Bonchev–Trinajstić information content (AvgIpc) is 3.24. The standard InChI is InChI=1S/C18H23F3N4O3/c1-23-14-13(24(10-22-14)8-11-4-2-3-5-11)15(26)25(16(23)27)9-12-6-17(28,7-12)18(19,20)21/h10-12,28H,2-9H2,1H3. The normalized spacial score (nSPS) is 26.1. The number of nitrogens with zero attached hydrogens (tertiary/aromatic N) is 4. The van der Waals surface area contributed by atoms with Crippen molar-refractivity contribution in [1.82, 2.24) is 18.7 Å². The van der Waals surface area contributed by atoms with Crippen LogP contribution in [0.3, 0.4) is 0 Å². The highest BCUT2D eigenvalue weighted by atomic mass is 19.4. The Hall–Kier alpha value is -2.10. The molecular weight excluding hydrogens is 377 g/mol. The first-order valence-corrected chi connectivity index (χ1v) is 9.54. The summed E-state index contributed by atoms with van der Waals surface area (Å²) in [7, 11) is 1.50. The van der Waals surface area contributed by atoms with Gasteiger partial charge in [0, 0.05) is 20.1 Å². The monoisotopic (exact) mass is 400 g/mol. The van der Waals surface area contributed by atoms with Gasteiger partial charge < -0.3 is 9.67 Å². The highest BCUT2D eigenvalue weighted by molar-refractivity contribution is 5.69. The molecule has 2 aliphatic rings. The van der Waals surface area contributed by atoms with E-state index >= 15 is 0 Å². The molecule has 1 N–H and O–H groups in total. The van der Waals surface area contributed by atoms with E-state index in [9.17, 15) is 27.9 Å². The van der Waals surface area contributed by atoms with Crippen molar-refractivity contribution in [1.29, 1.82) is 0 Å². The van der Waals surface area contributed by atoms with Crippen LogP contribution in [0.5, 0.6) is 0 Å². The maximum atomic E-state index is 13.0. The van der Waals surface area contributed by atoms with E-state index in [0.29, 0.717) is 18.0 Å². The molecule has 0 radical (unpaired) electrons. The zero-order valence-corrected chi connectivity index (χ0v) is 15.6. The van der Waals surface area contributed by atoms with Gasteiger partial charge in [-0.15, -0.1) is 0 Å². The molecule has 7 nitrogen and oxygen atoms in total. The largest absolute Gasteiger partial charge is 0.417 e. The van der Waals surface area contributed by atoms with Crippen molar-refractivity contribution in [2.45, 2.75) is 63.4 Å². The van der Waals surface area contributed by atoms with E-state index in [0.717, 1.165) is 30.3 Å². The lowest BCUT2D eigenvalue weighted by Crippen LogP contribution is -2.57. The van der Waals surface area contributed by atoms with Crippen LogP contribution in [-0.2, 0) is 20.1 Å². The van der Waals surface area contributed by atoms with Gasteiger partial charge in [-0.2, -0.15) is 13.2 Å². The quantitative estimate of drug-likeness (QED) is 0.849. The molecule has 28 heavy (non-hydrogen) atoms. The van der Waals surface area contributed by atoms with Crippen molar-refractivity contribution >= 4 is 11.2 Å². The molecule has 2 aliphatic carbocycles. The number of halogens is 3. The van der Waals surface area contributed by atoms with E-state index in [2.05, 4.69) is 4.98 Å². The summed E-state index contributed by atoms with van der Waals surface area (Å²) < 4.78 is 42.5. The Morgan fingerprint density at radius 1 is 1.18 bits per heavy atom. The molecule has 4 rings (SSSR count). The van der Waals surface area contributed by atoms with Crippen LogP contribution in [0.25, 0.3) is 11.2 Å². The lowest BCUT2D eigenvalue weighted by atomic mass is 9.70. The molecule has 0 aliphatic heterocycles. The second-order valence-corrected chi connectivity index (χ2v) is 8.28. The van der Waals surface area contributed by atoms with Gasteiger partial charge in [0.15, 0.2) is 16.8 Å². The zero-order valence-electron chi connectivity index (χ0n) is 15.6. The van der Waals surface area contributed by atoms with E-state index in [1.807, 2.05) is 0 Å². The van der Waals surface area contributed by atoms with Gasteiger partial charge in [-0.25, -0.2) is 9.78 Å². The van der Waals surface area contributed by atoms with E-state index in [1.54, 1.807) is 10.9 Å². The third-order valence-corrected chi connectivity index (χ3v) is 6.25. The van der Waals surface area contributed by atoms with Gasteiger partial charge in [-0.05, 0) is 37.5 Å². The predicted octanol–water partition coefficient (Wildman–Crippen LogP) is 1.79. The molecule has 0 aromatic carbocycles. The molecule has 0 atom stereocenters. The van der Waals surface area contributed by atoms with E-state index in [-0.39, 0.29) is 12.2 Å². The first-order chi connectivity index (χ1) is 13.1. The number of alkyl halides is 3. The maximum absolute atomic E-state index is 13.0. The van der Waals surface area contributed by atoms with Crippen LogP contribution in [-0.4, -0.2) is 35.6 Å². The summed E-state index contributed by atoms with van der Waals surface area (Å²) in [6.45, 7) is 0.496. The number of imidazole rings is 1. The Morgan fingerprint density at radius 3 is 2.43 bits per heavy atom. The van der Waals surface area contributed by atoms with Crippen LogP contribution in [0.4, 0.5) is 13.2 Å². The molecule has 2 heterocycles. The number of aryl methyl sites for hydroxylation is 1. The molecule has 10 heteroatoms. The second kappa shape index (κ2) is 6.47. The first-order valence-electron chi connectivity index (χ1n) is 9.54. The Morgan fingerprint density at radius 2 is 1.82 bits per heavy atom. The summed E-state index contributed by atoms with van der Waals surface area (Å²) in [5.74, 6) is -0.128. The predicted molar refractivity (Wildman–Crippen MR) is 94.9 cm³/mol. The summed E-state index contributed by atoms with van der Waals surface area (Å²) in [4.78, 5) is 29.8. The third-order valence-electron chi connectivity index (χ3n) is 6.25. The number of rotatable bonds is 4. The van der Waals surface area contributed by atoms with Crippen molar-refractivity contribution in [2.75, 3.05) is 0 Å². The highest BCUT2D eigenvalue weighted by Crippen LogP contribution is 2.48. The van der Waals surface area contributed by atoms with Crippen LogP contribution >= 0.6 is 0 Å². The molecule has 0 bridgehead atoms. The van der Waals surface area contributed by atoms with Crippen molar-refractivity contribution < 1.29 is 18.3 Å². The topological polar surface area (TPSA) is 82.0 Å². The second-order valence-electron chi connectivity index (χ2n) is 8.28. The van der Waals surface area contributed by atoms with Crippen LogP contribution < -0.4 is 11.2 Å². The Kier molecular flexibility index (Phi) is 4.44. The molecule has 0 amide bonds. The van der Waals surface area contributed by atoms with Gasteiger partial charge in [-0.1, -0.05) is 12.8 Å². The summed E-state index contributed by atoms with van der Waals surface area (Å²) in [6, 6.07) is 0. The van der Waals surface area contributed by atoms with Gasteiger partial charge in [0.2, 0.25) is 0 Å². The zero-order chi connectivity index (χ0) is 20.3. The van der Waals surface area contributed by atoms with E-state index < -0.39 is 41.8 Å². The average molecular weight is 400 g/mol. The summed E-state index contributed by atoms with van der Waals surface area (Å²) in [5.41, 5.74) is -3.27. The van der Waals surface area contributed by atoms with E-state index in [4.69, 9.17) is 0 Å². The number of fused-ring (bicyclic) bond motifs is 1. The minimum Gasteiger partial charge on any atom is -0.380 e. The van der Waals surface area contributed by atoms with Crippen LogP contribution in [0.2, 0.25) is 0 Å². The van der Waals surface area contributed by atoms with Gasteiger partial charge in [0.1, 0.15) is 0 Å². The minimum atomic E-state index is -4.71. The van der Waals surface area contributed by atoms with Gasteiger partial charge >= 0.3 is 11.9 Å². The molecule has 0 saturated heterocycles. The number of hydrogen-bond donors (Lipinski definition) is 1. The summed E-state index contributed by atoms with van der Waals surface area (Å²) >= 11 is 0. The van der Waals surface area contributed by atoms with Crippen LogP contribution in [0, 0.1) is 11.8 Å². The highest BCUT2D eigenvalue weighted by Gasteiger charge is 2.61. The molecule has 2 aromatic heterocycles. The Labute approximate surface area is 158 Å². The van der Waals surface area contributed by atoms with Crippen molar-refractivity contribution in [2.24, 2.45) is 18.9 Å². The van der Waals surface area contributed by atoms with Crippen molar-refractivity contribution in [3.63, 3.8) is 0 Å². The summed E-state index contributed by atoms with van der Waals surface area (Å²) in [5, 5.41) is 9.62. The minimum absolute atomic E-state index is 0.144. The third kappa shape index (κ3) is 2.98. The molecule has 0 unspecified atom stereocenters. The molecule has 0 spiro atoms. The first kappa shape index (κ1) is 19.2. The Bertz CT molecular complexity index is 1010. The van der Waals surface area contributed by atoms with E-state index in [1.165, 1.54) is 11.6 Å². The van der Waals surface area contributed by atoms with Gasteiger partial charge in [0.05, 0.1) is 6.33 Å². The van der Waals surface area contributed by atoms with Gasteiger partial charge in [-0.3, -0.25) is 13.9 Å². The van der Waals surface area contributed by atoms with Crippen LogP contribution in [0.1, 0.15) is 38.5 Å². The van der Waals surface area contributed by atoms with Crippen molar-refractivity contribution in [3.8, 4) is 0 Å².